The van der Waals surface area contributed by atoms with Crippen molar-refractivity contribution in [2.45, 2.75) is 64.2 Å². The molecule has 2 aliphatic carbocycles. The zero-order chi connectivity index (χ0) is 16.5. The van der Waals surface area contributed by atoms with E-state index < -0.39 is 0 Å². The Morgan fingerprint density at radius 3 is 3.21 bits per heavy atom. The van der Waals surface area contributed by atoms with E-state index in [-0.39, 0.29) is 11.8 Å². The van der Waals surface area contributed by atoms with E-state index in [9.17, 15) is 4.79 Å². The van der Waals surface area contributed by atoms with E-state index in [1.54, 1.807) is 17.7 Å². The second kappa shape index (κ2) is 6.67. The highest BCUT2D eigenvalue weighted by molar-refractivity contribution is 7.15. The molecule has 6 heteroatoms. The van der Waals surface area contributed by atoms with Gasteiger partial charge in [-0.05, 0) is 44.4 Å². The maximum Gasteiger partial charge on any atom is 0.235 e. The summed E-state index contributed by atoms with van der Waals surface area (Å²) in [5.41, 5.74) is 3.23. The van der Waals surface area contributed by atoms with Crippen LogP contribution in [0.25, 0.3) is 0 Å². The van der Waals surface area contributed by atoms with Gasteiger partial charge in [-0.3, -0.25) is 4.79 Å². The number of rotatable bonds is 4. The van der Waals surface area contributed by atoms with Gasteiger partial charge in [0.05, 0.1) is 23.6 Å². The predicted molar refractivity (Wildman–Crippen MR) is 95.4 cm³/mol. The van der Waals surface area contributed by atoms with Crippen LogP contribution in [0.15, 0.2) is 6.33 Å². The predicted octanol–water partition coefficient (Wildman–Crippen LogP) is 3.83. The number of aromatic nitrogens is 3. The summed E-state index contributed by atoms with van der Waals surface area (Å²) in [7, 11) is 0. The van der Waals surface area contributed by atoms with Crippen LogP contribution in [0, 0.1) is 5.92 Å². The molecule has 2 atom stereocenters. The molecule has 0 spiro atoms. The molecule has 0 fully saturated rings. The molecule has 2 aliphatic rings. The van der Waals surface area contributed by atoms with Crippen molar-refractivity contribution >= 4 is 22.4 Å². The Bertz CT molecular complexity index is 735. The zero-order valence-corrected chi connectivity index (χ0v) is 14.9. The largest absolute Gasteiger partial charge is 0.348 e. The van der Waals surface area contributed by atoms with Crippen LogP contribution < -0.4 is 5.32 Å². The number of hydrogen-bond donors (Lipinski definition) is 2. The maximum atomic E-state index is 12.7. The molecule has 0 aliphatic heterocycles. The number of carbonyl (C=O) groups is 1. The van der Waals surface area contributed by atoms with E-state index in [0.29, 0.717) is 0 Å². The number of H-pyrrole nitrogens is 1. The molecule has 2 heterocycles. The normalized spacial score (nSPS) is 22.7. The van der Waals surface area contributed by atoms with Crippen molar-refractivity contribution < 1.29 is 4.79 Å². The minimum Gasteiger partial charge on any atom is -0.348 e. The number of imidazole rings is 1. The molecule has 2 N–H and O–H groups in total. The molecule has 0 radical (unpaired) electrons. The summed E-state index contributed by atoms with van der Waals surface area (Å²) in [4.78, 5) is 26.3. The first kappa shape index (κ1) is 15.8. The Morgan fingerprint density at radius 1 is 1.42 bits per heavy atom. The number of fused-ring (bicyclic) bond motifs is 2. The lowest BCUT2D eigenvalue weighted by molar-refractivity contribution is -0.118. The van der Waals surface area contributed by atoms with Gasteiger partial charge in [0.15, 0.2) is 5.13 Å². The lowest BCUT2D eigenvalue weighted by Gasteiger charge is -2.19. The van der Waals surface area contributed by atoms with E-state index in [4.69, 9.17) is 0 Å². The lowest BCUT2D eigenvalue weighted by atomic mass is 9.88. The van der Waals surface area contributed by atoms with Gasteiger partial charge in [0, 0.05) is 10.6 Å². The summed E-state index contributed by atoms with van der Waals surface area (Å²) in [5, 5.41) is 3.83. The van der Waals surface area contributed by atoms with Gasteiger partial charge < -0.3 is 10.3 Å². The van der Waals surface area contributed by atoms with Gasteiger partial charge in [0.1, 0.15) is 0 Å². The molecule has 24 heavy (non-hydrogen) atoms. The first-order valence-electron chi connectivity index (χ1n) is 9.06. The summed E-state index contributed by atoms with van der Waals surface area (Å²) in [5.74, 6) is 0.685. The van der Waals surface area contributed by atoms with Gasteiger partial charge in [-0.1, -0.05) is 19.8 Å². The average molecular weight is 344 g/mol. The Labute approximate surface area is 146 Å². The number of amides is 1. The molecule has 0 saturated heterocycles. The Hall–Kier alpha value is -1.69. The molecule has 2 aromatic rings. The van der Waals surface area contributed by atoms with Crippen molar-refractivity contribution in [3.63, 3.8) is 0 Å². The van der Waals surface area contributed by atoms with Crippen molar-refractivity contribution in [1.29, 1.82) is 0 Å². The first-order valence-corrected chi connectivity index (χ1v) is 9.87. The number of nitrogens with one attached hydrogen (secondary N) is 2. The molecule has 0 aromatic carbocycles. The fraction of sp³-hybridized carbons (Fsp3) is 0.611. The smallest absolute Gasteiger partial charge is 0.235 e. The van der Waals surface area contributed by atoms with E-state index in [1.165, 1.54) is 29.8 Å². The maximum absolute atomic E-state index is 12.7. The number of nitrogens with zero attached hydrogens (tertiary/aromatic N) is 2. The summed E-state index contributed by atoms with van der Waals surface area (Å²) >= 11 is 1.67. The molecule has 0 saturated carbocycles. The summed E-state index contributed by atoms with van der Waals surface area (Å²) < 4.78 is 0. The fourth-order valence-electron chi connectivity index (χ4n) is 4.05. The summed E-state index contributed by atoms with van der Waals surface area (Å²) in [6.45, 7) is 2.25. The molecule has 2 aromatic heterocycles. The third-order valence-electron chi connectivity index (χ3n) is 5.29. The van der Waals surface area contributed by atoms with E-state index in [2.05, 4.69) is 27.2 Å². The third kappa shape index (κ3) is 2.99. The molecule has 4 rings (SSSR count). The molecule has 5 nitrogen and oxygen atoms in total. The van der Waals surface area contributed by atoms with Gasteiger partial charge in [0.25, 0.3) is 0 Å². The highest BCUT2D eigenvalue weighted by atomic mass is 32.1. The van der Waals surface area contributed by atoms with Crippen molar-refractivity contribution in [2.24, 2.45) is 5.92 Å². The highest BCUT2D eigenvalue weighted by Crippen LogP contribution is 2.35. The average Bonchev–Trinajstić information content (AvgIpc) is 3.20. The topological polar surface area (TPSA) is 70.7 Å². The number of anilines is 1. The van der Waals surface area contributed by atoms with Crippen LogP contribution in [-0.4, -0.2) is 20.9 Å². The highest BCUT2D eigenvalue weighted by Gasteiger charge is 2.30. The molecule has 128 valence electrons. The molecule has 2 unspecified atom stereocenters. The van der Waals surface area contributed by atoms with Crippen LogP contribution in [0.4, 0.5) is 5.13 Å². The van der Waals surface area contributed by atoms with Crippen LogP contribution in [0.3, 0.4) is 0 Å². The lowest BCUT2D eigenvalue weighted by Crippen LogP contribution is -2.24. The van der Waals surface area contributed by atoms with Crippen LogP contribution in [-0.2, 0) is 24.1 Å². The Kier molecular flexibility index (Phi) is 4.39. The summed E-state index contributed by atoms with van der Waals surface area (Å²) in [6, 6.07) is 0. The number of hydrogen-bond acceptors (Lipinski definition) is 4. The van der Waals surface area contributed by atoms with Crippen LogP contribution in [0.1, 0.15) is 66.9 Å². The second-order valence-electron chi connectivity index (χ2n) is 6.99. The van der Waals surface area contributed by atoms with Crippen molar-refractivity contribution in [3.05, 3.63) is 28.3 Å². The molecule has 0 bridgehead atoms. The van der Waals surface area contributed by atoms with Crippen LogP contribution in [0.5, 0.6) is 0 Å². The second-order valence-corrected chi connectivity index (χ2v) is 8.07. The minimum absolute atomic E-state index is 0.0410. The van der Waals surface area contributed by atoms with Crippen molar-refractivity contribution in [2.75, 3.05) is 5.32 Å². The van der Waals surface area contributed by atoms with Gasteiger partial charge in [-0.25, -0.2) is 9.97 Å². The first-order chi connectivity index (χ1) is 11.7. The zero-order valence-electron chi connectivity index (χ0n) is 14.1. The van der Waals surface area contributed by atoms with E-state index >= 15 is 0 Å². The molecular formula is C18H24N4OS. The van der Waals surface area contributed by atoms with Crippen molar-refractivity contribution in [3.8, 4) is 0 Å². The fourth-order valence-corrected chi connectivity index (χ4v) is 5.18. The Balaban J connectivity index is 1.46. The standard InChI is InChI=1S/C18H24N4OS/c1-2-4-11-7-8-13-15(9-11)24-18(21-13)22-17(23)12-5-3-6-14-16(12)20-10-19-14/h10-12H,2-9H2,1H3,(H,19,20)(H,21,22,23). The number of aryl methyl sites for hydroxylation is 2. The van der Waals surface area contributed by atoms with Gasteiger partial charge in [0.2, 0.25) is 5.91 Å². The number of aromatic amines is 1. The number of carbonyl (C=O) groups excluding carboxylic acids is 1. The van der Waals surface area contributed by atoms with Gasteiger partial charge in [-0.15, -0.1) is 11.3 Å². The number of thiazole rings is 1. The quantitative estimate of drug-likeness (QED) is 0.885. The van der Waals surface area contributed by atoms with Gasteiger partial charge in [-0.2, -0.15) is 0 Å². The monoisotopic (exact) mass is 344 g/mol. The molecule has 1 amide bonds. The minimum atomic E-state index is -0.145. The Morgan fingerprint density at radius 2 is 2.33 bits per heavy atom. The third-order valence-corrected chi connectivity index (χ3v) is 6.32. The van der Waals surface area contributed by atoms with Crippen LogP contribution in [0.2, 0.25) is 0 Å². The summed E-state index contributed by atoms with van der Waals surface area (Å²) in [6.07, 6.45) is 10.5. The van der Waals surface area contributed by atoms with Crippen LogP contribution >= 0.6 is 11.3 Å². The SMILES string of the molecule is CCCC1CCc2nc(NC(=O)C3CCCc4[nH]cnc43)sc2C1. The molecular weight excluding hydrogens is 320 g/mol. The van der Waals surface area contributed by atoms with Gasteiger partial charge >= 0.3 is 0 Å². The van der Waals surface area contributed by atoms with E-state index in [0.717, 1.165) is 54.5 Å². The van der Waals surface area contributed by atoms with Crippen molar-refractivity contribution in [1.82, 2.24) is 15.0 Å². The van der Waals surface area contributed by atoms with E-state index in [1.807, 2.05) is 0 Å².